The fourth-order valence-corrected chi connectivity index (χ4v) is 1.88. The second-order valence-corrected chi connectivity index (χ2v) is 4.33. The van der Waals surface area contributed by atoms with Gasteiger partial charge in [0.1, 0.15) is 11.1 Å². The number of esters is 1. The molecule has 0 unspecified atom stereocenters. The Labute approximate surface area is 108 Å². The van der Waals surface area contributed by atoms with Crippen LogP contribution >= 0.6 is 23.2 Å². The molecule has 0 radical (unpaired) electrons. The van der Waals surface area contributed by atoms with Crippen molar-refractivity contribution in [2.75, 3.05) is 0 Å². The van der Waals surface area contributed by atoms with Crippen LogP contribution in [0.2, 0.25) is 0 Å². The average Bonchev–Trinajstić information content (AvgIpc) is 2.58. The number of benzene rings is 1. The summed E-state index contributed by atoms with van der Waals surface area (Å²) in [4.78, 5) is 22.9. The molecule has 1 aromatic rings. The summed E-state index contributed by atoms with van der Waals surface area (Å²) in [7, 11) is 0. The van der Waals surface area contributed by atoms with E-state index in [1.807, 2.05) is 6.07 Å². The highest BCUT2D eigenvalue weighted by Gasteiger charge is 2.33. The van der Waals surface area contributed by atoms with Gasteiger partial charge in [-0.15, -0.1) is 0 Å². The number of ether oxygens (including phenoxy) is 1. The molecule has 1 atom stereocenters. The van der Waals surface area contributed by atoms with E-state index in [1.165, 1.54) is 0 Å². The number of halogens is 2. The van der Waals surface area contributed by atoms with Crippen LogP contribution in [-0.2, 0) is 9.53 Å². The Morgan fingerprint density at radius 1 is 1.24 bits per heavy atom. The SMILES string of the molecule is O=C1O[C@H](CC(=O)c2ccccc2)C(Cl)=C1Cl. The highest BCUT2D eigenvalue weighted by Crippen LogP contribution is 2.31. The Kier molecular flexibility index (Phi) is 3.50. The van der Waals surface area contributed by atoms with Crippen molar-refractivity contribution in [2.45, 2.75) is 12.5 Å². The third kappa shape index (κ3) is 2.51. The number of carbonyl (C=O) groups is 2. The molecular weight excluding hydrogens is 263 g/mol. The maximum atomic E-state index is 11.8. The van der Waals surface area contributed by atoms with Crippen molar-refractivity contribution in [3.63, 3.8) is 0 Å². The van der Waals surface area contributed by atoms with Gasteiger partial charge in [-0.1, -0.05) is 53.5 Å². The van der Waals surface area contributed by atoms with Crippen molar-refractivity contribution in [1.29, 1.82) is 0 Å². The Morgan fingerprint density at radius 3 is 2.41 bits per heavy atom. The minimum Gasteiger partial charge on any atom is -0.452 e. The van der Waals surface area contributed by atoms with Crippen molar-refractivity contribution < 1.29 is 14.3 Å². The van der Waals surface area contributed by atoms with Crippen molar-refractivity contribution in [1.82, 2.24) is 0 Å². The van der Waals surface area contributed by atoms with E-state index in [0.717, 1.165) is 0 Å². The van der Waals surface area contributed by atoms with Gasteiger partial charge in [0.15, 0.2) is 5.78 Å². The smallest absolute Gasteiger partial charge is 0.351 e. The molecule has 3 nitrogen and oxygen atoms in total. The third-order valence-electron chi connectivity index (χ3n) is 2.39. The molecule has 5 heteroatoms. The number of cyclic esters (lactones) is 1. The van der Waals surface area contributed by atoms with Gasteiger partial charge in [0.05, 0.1) is 11.5 Å². The standard InChI is InChI=1S/C12H8Cl2O3/c13-10-9(17-12(16)11(10)14)6-8(15)7-4-2-1-3-5-7/h1-5,9H,6H2/t9-/m1/s1. The van der Waals surface area contributed by atoms with Crippen molar-refractivity contribution in [3.05, 3.63) is 46.0 Å². The maximum absolute atomic E-state index is 11.8. The summed E-state index contributed by atoms with van der Waals surface area (Å²) in [6, 6.07) is 8.73. The van der Waals surface area contributed by atoms with E-state index in [9.17, 15) is 9.59 Å². The van der Waals surface area contributed by atoms with Crippen LogP contribution in [0.15, 0.2) is 40.4 Å². The first kappa shape index (κ1) is 12.1. The average molecular weight is 271 g/mol. The highest BCUT2D eigenvalue weighted by molar-refractivity contribution is 6.48. The summed E-state index contributed by atoms with van der Waals surface area (Å²) in [6.45, 7) is 0. The first-order valence-corrected chi connectivity index (χ1v) is 5.69. The minimum atomic E-state index is -0.760. The minimum absolute atomic E-state index is 0.00477. The normalized spacial score (nSPS) is 19.4. The van der Waals surface area contributed by atoms with E-state index >= 15 is 0 Å². The van der Waals surface area contributed by atoms with Crippen LogP contribution in [0.5, 0.6) is 0 Å². The lowest BCUT2D eigenvalue weighted by Gasteiger charge is -2.08. The molecular formula is C12H8Cl2O3. The van der Waals surface area contributed by atoms with Crippen molar-refractivity contribution >= 4 is 35.0 Å². The third-order valence-corrected chi connectivity index (χ3v) is 3.27. The van der Waals surface area contributed by atoms with Crippen LogP contribution in [0, 0.1) is 0 Å². The van der Waals surface area contributed by atoms with Gasteiger partial charge in [0.25, 0.3) is 0 Å². The highest BCUT2D eigenvalue weighted by atomic mass is 35.5. The van der Waals surface area contributed by atoms with E-state index in [4.69, 9.17) is 27.9 Å². The monoisotopic (exact) mass is 270 g/mol. The number of hydrogen-bond acceptors (Lipinski definition) is 3. The van der Waals surface area contributed by atoms with Crippen LogP contribution in [0.3, 0.4) is 0 Å². The van der Waals surface area contributed by atoms with Gasteiger partial charge in [-0.2, -0.15) is 0 Å². The molecule has 1 aliphatic rings. The van der Waals surface area contributed by atoms with Gasteiger partial charge < -0.3 is 4.74 Å². The van der Waals surface area contributed by atoms with Gasteiger partial charge in [-0.3, -0.25) is 4.79 Å². The second kappa shape index (κ2) is 4.90. The molecule has 0 bridgehead atoms. The predicted octanol–water partition coefficient (Wildman–Crippen LogP) is 2.87. The summed E-state index contributed by atoms with van der Waals surface area (Å²) in [5.41, 5.74) is 0.552. The number of ketones is 1. The molecule has 88 valence electrons. The summed E-state index contributed by atoms with van der Waals surface area (Å²) < 4.78 is 4.88. The van der Waals surface area contributed by atoms with E-state index in [2.05, 4.69) is 0 Å². The van der Waals surface area contributed by atoms with E-state index < -0.39 is 12.1 Å². The molecule has 1 aliphatic heterocycles. The molecule has 0 aromatic heterocycles. The van der Waals surface area contributed by atoms with Gasteiger partial charge in [0.2, 0.25) is 0 Å². The fourth-order valence-electron chi connectivity index (χ4n) is 1.51. The Hall–Kier alpha value is -1.32. The zero-order valence-corrected chi connectivity index (χ0v) is 10.2. The second-order valence-electron chi connectivity index (χ2n) is 3.55. The number of carbonyl (C=O) groups excluding carboxylic acids is 2. The van der Waals surface area contributed by atoms with Gasteiger partial charge in [-0.25, -0.2) is 4.79 Å². The summed E-state index contributed by atoms with van der Waals surface area (Å²) in [5.74, 6) is -0.824. The van der Waals surface area contributed by atoms with E-state index in [-0.39, 0.29) is 22.3 Å². The summed E-state index contributed by atoms with van der Waals surface area (Å²) in [6.07, 6.45) is -0.755. The molecule has 0 aliphatic carbocycles. The number of Topliss-reactive ketones (excluding diaryl/α,β-unsaturated/α-hetero) is 1. The van der Waals surface area contributed by atoms with Crippen LogP contribution in [0.4, 0.5) is 0 Å². The zero-order valence-electron chi connectivity index (χ0n) is 8.65. The molecule has 1 heterocycles. The Balaban J connectivity index is 2.09. The maximum Gasteiger partial charge on any atom is 0.351 e. The molecule has 0 spiro atoms. The van der Waals surface area contributed by atoms with Gasteiger partial charge in [0, 0.05) is 5.56 Å². The lowest BCUT2D eigenvalue weighted by molar-refractivity contribution is -0.138. The molecule has 0 N–H and O–H groups in total. The molecule has 0 saturated carbocycles. The number of hydrogen-bond donors (Lipinski definition) is 0. The van der Waals surface area contributed by atoms with Crippen LogP contribution in [0.1, 0.15) is 16.8 Å². The lowest BCUT2D eigenvalue weighted by atomic mass is 10.1. The summed E-state index contributed by atoms with van der Waals surface area (Å²) >= 11 is 11.4. The molecule has 0 fully saturated rings. The topological polar surface area (TPSA) is 43.4 Å². The molecule has 1 aromatic carbocycles. The molecule has 0 amide bonds. The number of rotatable bonds is 3. The van der Waals surface area contributed by atoms with E-state index in [0.29, 0.717) is 5.56 Å². The van der Waals surface area contributed by atoms with Crippen LogP contribution in [0.25, 0.3) is 0 Å². The molecule has 2 rings (SSSR count). The Bertz CT molecular complexity index is 494. The first-order chi connectivity index (χ1) is 8.09. The van der Waals surface area contributed by atoms with E-state index in [1.54, 1.807) is 24.3 Å². The zero-order chi connectivity index (χ0) is 12.4. The van der Waals surface area contributed by atoms with Crippen LogP contribution < -0.4 is 0 Å². The first-order valence-electron chi connectivity index (χ1n) is 4.94. The van der Waals surface area contributed by atoms with Crippen molar-refractivity contribution in [3.8, 4) is 0 Å². The van der Waals surface area contributed by atoms with Gasteiger partial charge >= 0.3 is 5.97 Å². The van der Waals surface area contributed by atoms with Crippen LogP contribution in [-0.4, -0.2) is 17.9 Å². The van der Waals surface area contributed by atoms with Crippen molar-refractivity contribution in [2.24, 2.45) is 0 Å². The lowest BCUT2D eigenvalue weighted by Crippen LogP contribution is -2.15. The largest absolute Gasteiger partial charge is 0.452 e. The predicted molar refractivity (Wildman–Crippen MR) is 64.0 cm³/mol. The quantitative estimate of drug-likeness (QED) is 0.627. The summed E-state index contributed by atoms with van der Waals surface area (Å²) in [5, 5.41) is -0.0431. The fraction of sp³-hybridized carbons (Fsp3) is 0.167. The molecule has 17 heavy (non-hydrogen) atoms. The molecule has 0 saturated heterocycles. The van der Waals surface area contributed by atoms with Gasteiger partial charge in [-0.05, 0) is 0 Å². The Morgan fingerprint density at radius 2 is 1.88 bits per heavy atom.